The lowest BCUT2D eigenvalue weighted by atomic mass is 10.2. The molecule has 0 bridgehead atoms. The van der Waals surface area contributed by atoms with Gasteiger partial charge in [-0.1, -0.05) is 0 Å². The Labute approximate surface area is 120 Å². The van der Waals surface area contributed by atoms with Crippen molar-refractivity contribution in [3.8, 4) is 0 Å². The summed E-state index contributed by atoms with van der Waals surface area (Å²) in [6, 6.07) is 6.55. The summed E-state index contributed by atoms with van der Waals surface area (Å²) in [7, 11) is 0. The lowest BCUT2D eigenvalue weighted by molar-refractivity contribution is 0.0844. The fraction of sp³-hybridized carbons (Fsp3) is 0.0769. The number of hydrogen-bond acceptors (Lipinski definition) is 5. The molecule has 0 spiro atoms. The van der Waals surface area contributed by atoms with E-state index in [-0.39, 0.29) is 0 Å². The smallest absolute Gasteiger partial charge is 0.267 e. The SMILES string of the molecule is CSc1ncccc1C(=O)NNC(=O)c1cccnc1. The molecule has 0 aliphatic carbocycles. The van der Waals surface area contributed by atoms with Crippen LogP contribution in [-0.2, 0) is 0 Å². The van der Waals surface area contributed by atoms with Gasteiger partial charge in [0, 0.05) is 18.6 Å². The van der Waals surface area contributed by atoms with Crippen molar-refractivity contribution in [3.05, 3.63) is 54.0 Å². The van der Waals surface area contributed by atoms with Crippen molar-refractivity contribution in [1.29, 1.82) is 0 Å². The van der Waals surface area contributed by atoms with Gasteiger partial charge < -0.3 is 0 Å². The first-order valence-electron chi connectivity index (χ1n) is 5.72. The molecule has 2 rings (SSSR count). The third kappa shape index (κ3) is 3.33. The van der Waals surface area contributed by atoms with Crippen LogP contribution in [0, 0.1) is 0 Å². The Morgan fingerprint density at radius 2 is 1.85 bits per heavy atom. The molecular weight excluding hydrogens is 276 g/mol. The van der Waals surface area contributed by atoms with Gasteiger partial charge in [-0.15, -0.1) is 11.8 Å². The van der Waals surface area contributed by atoms with E-state index in [0.29, 0.717) is 16.2 Å². The first kappa shape index (κ1) is 14.0. The summed E-state index contributed by atoms with van der Waals surface area (Å²) in [5.74, 6) is -0.847. The van der Waals surface area contributed by atoms with E-state index in [1.165, 1.54) is 18.0 Å². The number of hydrazine groups is 1. The van der Waals surface area contributed by atoms with E-state index in [9.17, 15) is 9.59 Å². The Kier molecular flexibility index (Phi) is 4.67. The maximum absolute atomic E-state index is 12.0. The van der Waals surface area contributed by atoms with E-state index in [2.05, 4.69) is 20.8 Å². The van der Waals surface area contributed by atoms with Crippen LogP contribution in [0.5, 0.6) is 0 Å². The van der Waals surface area contributed by atoms with Gasteiger partial charge in [0.15, 0.2) is 0 Å². The van der Waals surface area contributed by atoms with Crippen molar-refractivity contribution in [1.82, 2.24) is 20.8 Å². The minimum absolute atomic E-state index is 0.365. The Balaban J connectivity index is 2.01. The van der Waals surface area contributed by atoms with Crippen LogP contribution in [0.1, 0.15) is 20.7 Å². The lowest BCUT2D eigenvalue weighted by Gasteiger charge is -2.08. The zero-order valence-electron chi connectivity index (χ0n) is 10.7. The minimum Gasteiger partial charge on any atom is -0.267 e. The van der Waals surface area contributed by atoms with Crippen LogP contribution in [0.3, 0.4) is 0 Å². The fourth-order valence-electron chi connectivity index (χ4n) is 1.48. The molecule has 2 amide bonds. The quantitative estimate of drug-likeness (QED) is 0.656. The van der Waals surface area contributed by atoms with Crippen molar-refractivity contribution in [3.63, 3.8) is 0 Å². The Hall–Kier alpha value is -2.41. The molecule has 0 fully saturated rings. The van der Waals surface area contributed by atoms with Crippen molar-refractivity contribution in [2.24, 2.45) is 0 Å². The summed E-state index contributed by atoms with van der Waals surface area (Å²) in [6.45, 7) is 0. The standard InChI is InChI=1S/C13H12N4O2S/c1-20-13-10(5-3-7-15-13)12(19)17-16-11(18)9-4-2-6-14-8-9/h2-8H,1H3,(H,16,18)(H,17,19). The molecule has 20 heavy (non-hydrogen) atoms. The van der Waals surface area contributed by atoms with E-state index in [1.54, 1.807) is 36.7 Å². The molecule has 2 aromatic heterocycles. The zero-order chi connectivity index (χ0) is 14.4. The molecule has 0 saturated heterocycles. The van der Waals surface area contributed by atoms with Gasteiger partial charge in [-0.3, -0.25) is 25.4 Å². The molecule has 0 saturated carbocycles. The molecule has 2 N–H and O–H groups in total. The van der Waals surface area contributed by atoms with Gasteiger partial charge >= 0.3 is 0 Å². The highest BCUT2D eigenvalue weighted by Crippen LogP contribution is 2.16. The molecule has 0 aliphatic rings. The minimum atomic E-state index is -0.430. The lowest BCUT2D eigenvalue weighted by Crippen LogP contribution is -2.41. The molecule has 2 aromatic rings. The first-order chi connectivity index (χ1) is 9.72. The highest BCUT2D eigenvalue weighted by Gasteiger charge is 2.12. The molecule has 0 radical (unpaired) electrons. The number of carbonyl (C=O) groups is 2. The summed E-state index contributed by atoms with van der Waals surface area (Å²) in [5.41, 5.74) is 5.46. The van der Waals surface area contributed by atoms with Crippen LogP contribution in [0.15, 0.2) is 47.9 Å². The van der Waals surface area contributed by atoms with Gasteiger partial charge in [-0.05, 0) is 30.5 Å². The molecule has 0 aliphatic heterocycles. The van der Waals surface area contributed by atoms with Gasteiger partial charge in [0.05, 0.1) is 11.1 Å². The van der Waals surface area contributed by atoms with Crippen molar-refractivity contribution < 1.29 is 9.59 Å². The highest BCUT2D eigenvalue weighted by molar-refractivity contribution is 7.98. The monoisotopic (exact) mass is 288 g/mol. The van der Waals surface area contributed by atoms with E-state index in [0.717, 1.165) is 0 Å². The molecule has 2 heterocycles. The first-order valence-corrected chi connectivity index (χ1v) is 6.94. The van der Waals surface area contributed by atoms with Gasteiger partial charge in [0.1, 0.15) is 5.03 Å². The predicted molar refractivity (Wildman–Crippen MR) is 75.2 cm³/mol. The van der Waals surface area contributed by atoms with Gasteiger partial charge in [-0.25, -0.2) is 4.98 Å². The Morgan fingerprint density at radius 1 is 1.10 bits per heavy atom. The number of hydrogen-bond donors (Lipinski definition) is 2. The number of aromatic nitrogens is 2. The second-order valence-corrected chi connectivity index (χ2v) is 4.51. The highest BCUT2D eigenvalue weighted by atomic mass is 32.2. The normalized spacial score (nSPS) is 9.85. The number of amides is 2. The molecule has 102 valence electrons. The molecule has 0 atom stereocenters. The molecule has 0 aromatic carbocycles. The third-order valence-electron chi connectivity index (χ3n) is 2.42. The van der Waals surface area contributed by atoms with Crippen LogP contribution in [-0.4, -0.2) is 28.0 Å². The maximum Gasteiger partial charge on any atom is 0.272 e. The van der Waals surface area contributed by atoms with Crippen molar-refractivity contribution in [2.75, 3.05) is 6.26 Å². The maximum atomic E-state index is 12.0. The number of rotatable bonds is 3. The van der Waals surface area contributed by atoms with Crippen molar-refractivity contribution in [2.45, 2.75) is 5.03 Å². The fourth-order valence-corrected chi connectivity index (χ4v) is 2.02. The largest absolute Gasteiger partial charge is 0.272 e. The molecular formula is C13H12N4O2S. The molecule has 6 nitrogen and oxygen atoms in total. The van der Waals surface area contributed by atoms with E-state index >= 15 is 0 Å². The summed E-state index contributed by atoms with van der Waals surface area (Å²) in [4.78, 5) is 31.6. The van der Waals surface area contributed by atoms with Crippen LogP contribution < -0.4 is 10.9 Å². The topological polar surface area (TPSA) is 84.0 Å². The molecule has 0 unspecified atom stereocenters. The van der Waals surface area contributed by atoms with E-state index in [1.807, 2.05) is 6.26 Å². The van der Waals surface area contributed by atoms with E-state index < -0.39 is 11.8 Å². The second kappa shape index (κ2) is 6.67. The number of pyridine rings is 2. The third-order valence-corrected chi connectivity index (χ3v) is 3.13. The zero-order valence-corrected chi connectivity index (χ0v) is 11.5. The Morgan fingerprint density at radius 3 is 2.55 bits per heavy atom. The summed E-state index contributed by atoms with van der Waals surface area (Å²) >= 11 is 1.36. The summed E-state index contributed by atoms with van der Waals surface area (Å²) in [6.07, 6.45) is 6.42. The van der Waals surface area contributed by atoms with Gasteiger partial charge in [0.2, 0.25) is 0 Å². The average molecular weight is 288 g/mol. The van der Waals surface area contributed by atoms with E-state index in [4.69, 9.17) is 0 Å². The number of nitrogens with zero attached hydrogens (tertiary/aromatic N) is 2. The second-order valence-electron chi connectivity index (χ2n) is 3.71. The van der Waals surface area contributed by atoms with Crippen LogP contribution in [0.4, 0.5) is 0 Å². The van der Waals surface area contributed by atoms with Crippen LogP contribution >= 0.6 is 11.8 Å². The van der Waals surface area contributed by atoms with Crippen LogP contribution in [0.2, 0.25) is 0 Å². The van der Waals surface area contributed by atoms with Gasteiger partial charge in [-0.2, -0.15) is 0 Å². The number of carbonyl (C=O) groups excluding carboxylic acids is 2. The number of nitrogens with one attached hydrogen (secondary N) is 2. The van der Waals surface area contributed by atoms with Crippen LogP contribution in [0.25, 0.3) is 0 Å². The summed E-state index contributed by atoms with van der Waals surface area (Å²) < 4.78 is 0. The average Bonchev–Trinajstić information content (AvgIpc) is 2.53. The van der Waals surface area contributed by atoms with Crippen molar-refractivity contribution >= 4 is 23.6 Å². The Bertz CT molecular complexity index is 619. The molecule has 7 heteroatoms. The predicted octanol–water partition coefficient (Wildman–Crippen LogP) is 1.27. The van der Waals surface area contributed by atoms with Gasteiger partial charge in [0.25, 0.3) is 11.8 Å². The summed E-state index contributed by atoms with van der Waals surface area (Å²) in [5, 5.41) is 0.598. The number of thioether (sulfide) groups is 1.